The molecule has 6 rings (SSSR count). The molecular formula is C19H26N2OS. The number of hydrogen-bond donors (Lipinski definition) is 1. The smallest absolute Gasteiger partial charge is 0.232 e. The van der Waals surface area contributed by atoms with Crippen molar-refractivity contribution in [1.82, 2.24) is 4.98 Å². The summed E-state index contributed by atoms with van der Waals surface area (Å²) in [7, 11) is 0. The van der Waals surface area contributed by atoms with Gasteiger partial charge in [0.05, 0.1) is 11.1 Å². The van der Waals surface area contributed by atoms with E-state index >= 15 is 0 Å². The van der Waals surface area contributed by atoms with E-state index in [0.717, 1.165) is 60.9 Å². The third kappa shape index (κ3) is 2.36. The van der Waals surface area contributed by atoms with Crippen molar-refractivity contribution in [3.63, 3.8) is 0 Å². The molecule has 4 bridgehead atoms. The van der Waals surface area contributed by atoms with Crippen molar-refractivity contribution in [1.29, 1.82) is 0 Å². The lowest BCUT2D eigenvalue weighted by atomic mass is 9.49. The Kier molecular flexibility index (Phi) is 3.17. The topological polar surface area (TPSA) is 42.0 Å². The number of carbonyl (C=O) groups excluding carboxylic acids is 1. The normalized spacial score (nSPS) is 40.9. The number of nitrogens with zero attached hydrogens (tertiary/aromatic N) is 1. The summed E-state index contributed by atoms with van der Waals surface area (Å²) in [6, 6.07) is 0. The van der Waals surface area contributed by atoms with Gasteiger partial charge in [-0.05, 0) is 81.5 Å². The molecule has 3 nitrogen and oxygen atoms in total. The van der Waals surface area contributed by atoms with E-state index in [9.17, 15) is 4.79 Å². The Labute approximate surface area is 142 Å². The van der Waals surface area contributed by atoms with Gasteiger partial charge in [-0.15, -0.1) is 11.3 Å². The molecule has 4 saturated carbocycles. The average molecular weight is 330 g/mol. The maximum absolute atomic E-state index is 13.1. The minimum atomic E-state index is -0.0613. The van der Waals surface area contributed by atoms with Gasteiger partial charge in [0.15, 0.2) is 5.13 Å². The van der Waals surface area contributed by atoms with Gasteiger partial charge >= 0.3 is 0 Å². The zero-order chi connectivity index (χ0) is 15.6. The molecular weight excluding hydrogens is 304 g/mol. The molecule has 5 aliphatic rings. The molecule has 1 aromatic rings. The maximum Gasteiger partial charge on any atom is 0.232 e. The predicted octanol–water partition coefficient (Wildman–Crippen LogP) is 4.42. The number of anilines is 1. The first-order valence-corrected chi connectivity index (χ1v) is 10.2. The van der Waals surface area contributed by atoms with E-state index in [-0.39, 0.29) is 11.3 Å². The van der Waals surface area contributed by atoms with E-state index in [2.05, 4.69) is 12.2 Å². The number of aryl methyl sites for hydroxylation is 1. The van der Waals surface area contributed by atoms with E-state index in [0.29, 0.717) is 0 Å². The van der Waals surface area contributed by atoms with Crippen molar-refractivity contribution in [2.45, 2.75) is 64.7 Å². The highest BCUT2D eigenvalue weighted by Gasteiger charge is 2.54. The number of thiazole rings is 1. The molecule has 0 spiro atoms. The number of aromatic nitrogens is 1. The first-order chi connectivity index (χ1) is 11.1. The lowest BCUT2D eigenvalue weighted by Crippen LogP contribution is -2.51. The third-order valence-electron chi connectivity index (χ3n) is 6.93. The SMILES string of the molecule is CC1CCc2nc(NC(=O)C34CC5CC(CC(C5)C3)C4)sc2C1. The van der Waals surface area contributed by atoms with Gasteiger partial charge in [0.25, 0.3) is 0 Å². The summed E-state index contributed by atoms with van der Waals surface area (Å²) in [5, 5.41) is 4.11. The van der Waals surface area contributed by atoms with Crippen LogP contribution in [0.4, 0.5) is 5.13 Å². The van der Waals surface area contributed by atoms with Crippen molar-refractivity contribution in [3.8, 4) is 0 Å². The fourth-order valence-corrected chi connectivity index (χ4v) is 7.38. The first-order valence-electron chi connectivity index (χ1n) is 9.40. The zero-order valence-corrected chi connectivity index (χ0v) is 14.8. The van der Waals surface area contributed by atoms with Crippen LogP contribution in [0.1, 0.15) is 62.4 Å². The average Bonchev–Trinajstić information content (AvgIpc) is 2.87. The van der Waals surface area contributed by atoms with Crippen LogP contribution in [0.3, 0.4) is 0 Å². The largest absolute Gasteiger partial charge is 0.301 e. The Hall–Kier alpha value is -0.900. The van der Waals surface area contributed by atoms with E-state index < -0.39 is 0 Å². The van der Waals surface area contributed by atoms with Gasteiger partial charge in [-0.3, -0.25) is 4.79 Å². The number of hydrogen-bond acceptors (Lipinski definition) is 3. The first kappa shape index (κ1) is 14.4. The highest BCUT2D eigenvalue weighted by Crippen LogP contribution is 2.60. The fraction of sp³-hybridized carbons (Fsp3) is 0.789. The summed E-state index contributed by atoms with van der Waals surface area (Å²) < 4.78 is 0. The maximum atomic E-state index is 13.1. The lowest BCUT2D eigenvalue weighted by molar-refractivity contribution is -0.140. The number of amides is 1. The van der Waals surface area contributed by atoms with Crippen molar-refractivity contribution in [3.05, 3.63) is 10.6 Å². The molecule has 1 aromatic heterocycles. The molecule has 0 aromatic carbocycles. The molecule has 1 unspecified atom stereocenters. The minimum absolute atomic E-state index is 0.0613. The van der Waals surface area contributed by atoms with Crippen LogP contribution < -0.4 is 5.32 Å². The predicted molar refractivity (Wildman–Crippen MR) is 92.5 cm³/mol. The van der Waals surface area contributed by atoms with Crippen LogP contribution in [-0.4, -0.2) is 10.9 Å². The Morgan fingerprint density at radius 1 is 1.17 bits per heavy atom. The van der Waals surface area contributed by atoms with Crippen LogP contribution in [0.2, 0.25) is 0 Å². The number of rotatable bonds is 2. The highest BCUT2D eigenvalue weighted by atomic mass is 32.1. The second-order valence-corrected chi connectivity index (χ2v) is 9.97. The second kappa shape index (κ2) is 5.05. The molecule has 5 aliphatic carbocycles. The number of nitrogens with one attached hydrogen (secondary N) is 1. The Morgan fingerprint density at radius 2 is 1.83 bits per heavy atom. The van der Waals surface area contributed by atoms with Gasteiger partial charge in [0.1, 0.15) is 0 Å². The van der Waals surface area contributed by atoms with Crippen LogP contribution in [0.25, 0.3) is 0 Å². The van der Waals surface area contributed by atoms with Crippen molar-refractivity contribution < 1.29 is 4.79 Å². The molecule has 1 atom stereocenters. The van der Waals surface area contributed by atoms with Gasteiger partial charge in [0, 0.05) is 4.88 Å². The van der Waals surface area contributed by atoms with E-state index in [4.69, 9.17) is 4.98 Å². The summed E-state index contributed by atoms with van der Waals surface area (Å²) in [5.74, 6) is 3.50. The van der Waals surface area contributed by atoms with Crippen LogP contribution in [-0.2, 0) is 17.6 Å². The van der Waals surface area contributed by atoms with Gasteiger partial charge in [-0.2, -0.15) is 0 Å². The summed E-state index contributed by atoms with van der Waals surface area (Å²) in [4.78, 5) is 19.2. The van der Waals surface area contributed by atoms with Crippen LogP contribution in [0.15, 0.2) is 0 Å². The quantitative estimate of drug-likeness (QED) is 0.872. The molecule has 124 valence electrons. The summed E-state index contributed by atoms with van der Waals surface area (Å²) in [5.41, 5.74) is 1.18. The van der Waals surface area contributed by atoms with Crippen molar-refractivity contribution in [2.24, 2.45) is 29.1 Å². The van der Waals surface area contributed by atoms with Gasteiger partial charge in [0.2, 0.25) is 5.91 Å². The lowest BCUT2D eigenvalue weighted by Gasteiger charge is -2.55. The minimum Gasteiger partial charge on any atom is -0.301 e. The van der Waals surface area contributed by atoms with Gasteiger partial charge in [-0.1, -0.05) is 6.92 Å². The third-order valence-corrected chi connectivity index (χ3v) is 7.96. The Balaban J connectivity index is 1.36. The van der Waals surface area contributed by atoms with E-state index in [1.165, 1.54) is 36.3 Å². The molecule has 0 saturated heterocycles. The van der Waals surface area contributed by atoms with Crippen LogP contribution in [0.5, 0.6) is 0 Å². The van der Waals surface area contributed by atoms with Gasteiger partial charge < -0.3 is 5.32 Å². The van der Waals surface area contributed by atoms with Crippen molar-refractivity contribution >= 4 is 22.4 Å². The molecule has 4 heteroatoms. The van der Waals surface area contributed by atoms with Crippen LogP contribution in [0, 0.1) is 29.1 Å². The molecule has 1 N–H and O–H groups in total. The van der Waals surface area contributed by atoms with Crippen molar-refractivity contribution in [2.75, 3.05) is 5.32 Å². The summed E-state index contributed by atoms with van der Waals surface area (Å²) >= 11 is 1.73. The fourth-order valence-electron chi connectivity index (χ4n) is 6.21. The summed E-state index contributed by atoms with van der Waals surface area (Å²) in [6.07, 6.45) is 11.0. The summed E-state index contributed by atoms with van der Waals surface area (Å²) in [6.45, 7) is 2.32. The number of carbonyl (C=O) groups is 1. The zero-order valence-electron chi connectivity index (χ0n) is 13.9. The second-order valence-electron chi connectivity index (χ2n) is 8.89. The van der Waals surface area contributed by atoms with E-state index in [1.54, 1.807) is 11.3 Å². The standard InChI is InChI=1S/C19H26N2OS/c1-11-2-3-15-16(4-11)23-18(20-15)21-17(22)19-8-12-5-13(9-19)7-14(6-12)10-19/h11-14H,2-10H2,1H3,(H,20,21,22). The molecule has 4 fully saturated rings. The molecule has 1 amide bonds. The van der Waals surface area contributed by atoms with Gasteiger partial charge in [-0.25, -0.2) is 4.98 Å². The molecule has 23 heavy (non-hydrogen) atoms. The monoisotopic (exact) mass is 330 g/mol. The Bertz CT molecular complexity index is 615. The van der Waals surface area contributed by atoms with Crippen LogP contribution >= 0.6 is 11.3 Å². The highest BCUT2D eigenvalue weighted by molar-refractivity contribution is 7.15. The Morgan fingerprint density at radius 3 is 2.48 bits per heavy atom. The number of fused-ring (bicyclic) bond motifs is 1. The molecule has 0 radical (unpaired) electrons. The molecule has 1 heterocycles. The van der Waals surface area contributed by atoms with E-state index in [1.807, 2.05) is 0 Å². The molecule has 0 aliphatic heterocycles.